The van der Waals surface area contributed by atoms with Crippen LogP contribution in [0.1, 0.15) is 40.4 Å². The number of hydrogen-bond donors (Lipinski definition) is 3. The van der Waals surface area contributed by atoms with E-state index in [-0.39, 0.29) is 11.6 Å². The van der Waals surface area contributed by atoms with E-state index in [1.54, 1.807) is 66.7 Å². The zero-order chi connectivity index (χ0) is 36.3. The third kappa shape index (κ3) is 9.05. The summed E-state index contributed by atoms with van der Waals surface area (Å²) in [5.74, 6) is -0.392. The van der Waals surface area contributed by atoms with Crippen LogP contribution < -0.4 is 25.4 Å². The number of carbonyl (C=O) groups is 3. The van der Waals surface area contributed by atoms with Crippen molar-refractivity contribution in [1.29, 1.82) is 5.26 Å². The van der Waals surface area contributed by atoms with Crippen LogP contribution in [-0.2, 0) is 9.59 Å². The minimum Gasteiger partial charge on any atom is -0.493 e. The maximum atomic E-state index is 13.8. The Morgan fingerprint density at radius 3 is 2.35 bits per heavy atom. The Balaban J connectivity index is 1.34. The molecule has 5 rings (SSSR count). The summed E-state index contributed by atoms with van der Waals surface area (Å²) in [6.45, 7) is 3.92. The molecule has 258 valence electrons. The fourth-order valence-electron chi connectivity index (χ4n) is 5.15. The molecule has 1 unspecified atom stereocenters. The number of ether oxygens (including phenoxy) is 2. The molecule has 0 aliphatic heterocycles. The first kappa shape index (κ1) is 36.5. The Bertz CT molecular complexity index is 2100. The molecule has 0 bridgehead atoms. The number of amides is 3. The fourth-order valence-corrected chi connectivity index (χ4v) is 7.09. The lowest BCUT2D eigenvalue weighted by molar-refractivity contribution is -0.116. The van der Waals surface area contributed by atoms with E-state index in [1.807, 2.05) is 49.6 Å². The number of hydrogen-bond acceptors (Lipinski definition) is 8. The molecule has 11 heteroatoms. The topological polar surface area (TPSA) is 130 Å². The van der Waals surface area contributed by atoms with E-state index in [4.69, 9.17) is 9.47 Å². The first-order chi connectivity index (χ1) is 24.7. The SMILES string of the molecule is CCC(Sc1cccc(NC(=O)/C(=C\c2cccc(OC)c2OC)NC(=O)c2ccccc2)c1)C(=O)Nc1scc(-c2ccc(C)cc2)c1C#N. The highest BCUT2D eigenvalue weighted by atomic mass is 32.2. The van der Waals surface area contributed by atoms with Crippen LogP contribution in [0.15, 0.2) is 113 Å². The van der Waals surface area contributed by atoms with E-state index in [1.165, 1.54) is 43.4 Å². The Labute approximate surface area is 305 Å². The van der Waals surface area contributed by atoms with E-state index in [0.717, 1.165) is 21.6 Å². The number of nitrogens with zero attached hydrogens (tertiary/aromatic N) is 1. The van der Waals surface area contributed by atoms with E-state index >= 15 is 0 Å². The highest BCUT2D eigenvalue weighted by molar-refractivity contribution is 8.00. The molecule has 1 heterocycles. The van der Waals surface area contributed by atoms with Crippen molar-refractivity contribution in [3.8, 4) is 28.7 Å². The van der Waals surface area contributed by atoms with Crippen molar-refractivity contribution in [1.82, 2.24) is 5.32 Å². The maximum absolute atomic E-state index is 13.8. The van der Waals surface area contributed by atoms with E-state index in [2.05, 4.69) is 22.0 Å². The van der Waals surface area contributed by atoms with Crippen LogP contribution in [0.3, 0.4) is 0 Å². The van der Waals surface area contributed by atoms with E-state index < -0.39 is 17.1 Å². The van der Waals surface area contributed by atoms with Gasteiger partial charge in [-0.3, -0.25) is 14.4 Å². The average Bonchev–Trinajstić information content (AvgIpc) is 3.56. The van der Waals surface area contributed by atoms with Crippen molar-refractivity contribution < 1.29 is 23.9 Å². The van der Waals surface area contributed by atoms with Crippen molar-refractivity contribution >= 4 is 57.6 Å². The van der Waals surface area contributed by atoms with Crippen molar-refractivity contribution in [2.45, 2.75) is 30.4 Å². The van der Waals surface area contributed by atoms with Gasteiger partial charge in [-0.1, -0.05) is 73.2 Å². The number of thioether (sulfide) groups is 1. The summed E-state index contributed by atoms with van der Waals surface area (Å²) in [4.78, 5) is 41.1. The lowest BCUT2D eigenvalue weighted by atomic mass is 10.0. The van der Waals surface area contributed by atoms with Gasteiger partial charge in [0.1, 0.15) is 16.8 Å². The van der Waals surface area contributed by atoms with Crippen LogP contribution in [0.5, 0.6) is 11.5 Å². The number of benzene rings is 4. The van der Waals surface area contributed by atoms with Gasteiger partial charge in [0.25, 0.3) is 11.8 Å². The molecule has 1 aromatic heterocycles. The molecule has 1 atom stereocenters. The molecule has 51 heavy (non-hydrogen) atoms. The number of nitrogens with one attached hydrogen (secondary N) is 3. The second kappa shape index (κ2) is 17.2. The number of carbonyl (C=O) groups excluding carboxylic acids is 3. The third-order valence-electron chi connectivity index (χ3n) is 7.80. The highest BCUT2D eigenvalue weighted by Gasteiger charge is 2.23. The maximum Gasteiger partial charge on any atom is 0.272 e. The summed E-state index contributed by atoms with van der Waals surface area (Å²) in [5.41, 5.74) is 4.58. The Hall–Kier alpha value is -5.83. The molecule has 0 aliphatic rings. The van der Waals surface area contributed by atoms with Gasteiger partial charge in [-0.15, -0.1) is 23.1 Å². The highest BCUT2D eigenvalue weighted by Crippen LogP contribution is 2.37. The second-order valence-corrected chi connectivity index (χ2v) is 13.4. The lowest BCUT2D eigenvalue weighted by Crippen LogP contribution is -2.30. The summed E-state index contributed by atoms with van der Waals surface area (Å²) in [6.07, 6.45) is 2.05. The van der Waals surface area contributed by atoms with Gasteiger partial charge >= 0.3 is 0 Å². The van der Waals surface area contributed by atoms with Gasteiger partial charge in [-0.05, 0) is 61.4 Å². The van der Waals surface area contributed by atoms with Gasteiger partial charge in [0, 0.05) is 32.7 Å². The van der Waals surface area contributed by atoms with Crippen LogP contribution in [-0.4, -0.2) is 37.2 Å². The number of thiophene rings is 1. The average molecular weight is 717 g/mol. The standard InChI is InChI=1S/C40H36N4O5S2/c1-5-35(39(47)44-40-31(23-41)32(24-50-40)26-19-17-25(2)18-20-26)51-30-15-10-14-29(22-30)42-38(46)33(43-37(45)27-11-7-6-8-12-27)21-28-13-9-16-34(48-3)36(28)49-4/h6-22,24,35H,5H2,1-4H3,(H,42,46)(H,43,45)(H,44,47)/b33-21+. The molecule has 9 nitrogen and oxygen atoms in total. The molecule has 0 aliphatic carbocycles. The Morgan fingerprint density at radius 2 is 1.67 bits per heavy atom. The fraction of sp³-hybridized carbons (Fsp3) is 0.150. The van der Waals surface area contributed by atoms with E-state index in [0.29, 0.717) is 45.3 Å². The van der Waals surface area contributed by atoms with Gasteiger partial charge in [-0.2, -0.15) is 5.26 Å². The number of para-hydroxylation sites is 1. The zero-order valence-corrected chi connectivity index (χ0v) is 30.1. The molecule has 3 amide bonds. The van der Waals surface area contributed by atoms with Crippen LogP contribution in [0, 0.1) is 18.3 Å². The quantitative estimate of drug-likeness (QED) is 0.0823. The number of rotatable bonds is 13. The molecular formula is C40H36N4O5S2. The molecular weight excluding hydrogens is 681 g/mol. The predicted molar refractivity (Wildman–Crippen MR) is 204 cm³/mol. The third-order valence-corrected chi connectivity index (χ3v) is 10.1. The van der Waals surface area contributed by atoms with Gasteiger partial charge < -0.3 is 25.4 Å². The van der Waals surface area contributed by atoms with Crippen molar-refractivity contribution in [2.24, 2.45) is 0 Å². The van der Waals surface area contributed by atoms with Crippen molar-refractivity contribution in [3.05, 3.63) is 130 Å². The number of methoxy groups -OCH3 is 2. The van der Waals surface area contributed by atoms with Gasteiger partial charge in [0.15, 0.2) is 11.5 Å². The normalized spacial score (nSPS) is 11.5. The summed E-state index contributed by atoms with van der Waals surface area (Å²) >= 11 is 2.67. The first-order valence-corrected chi connectivity index (χ1v) is 17.8. The molecule has 5 aromatic rings. The molecule has 3 N–H and O–H groups in total. The molecule has 0 saturated carbocycles. The minimum atomic E-state index is -0.567. The molecule has 4 aromatic carbocycles. The zero-order valence-electron chi connectivity index (χ0n) is 28.5. The van der Waals surface area contributed by atoms with Crippen LogP contribution in [0.2, 0.25) is 0 Å². The van der Waals surface area contributed by atoms with Crippen LogP contribution in [0.4, 0.5) is 10.7 Å². The lowest BCUT2D eigenvalue weighted by Gasteiger charge is -2.16. The first-order valence-electron chi connectivity index (χ1n) is 16.0. The number of aryl methyl sites for hydroxylation is 1. The van der Waals surface area contributed by atoms with Crippen molar-refractivity contribution in [2.75, 3.05) is 24.9 Å². The Morgan fingerprint density at radius 1 is 0.922 bits per heavy atom. The second-order valence-electron chi connectivity index (χ2n) is 11.3. The predicted octanol–water partition coefficient (Wildman–Crippen LogP) is 8.53. The number of nitriles is 1. The smallest absolute Gasteiger partial charge is 0.272 e. The van der Waals surface area contributed by atoms with E-state index in [9.17, 15) is 19.6 Å². The largest absolute Gasteiger partial charge is 0.493 e. The number of anilines is 2. The summed E-state index contributed by atoms with van der Waals surface area (Å²) in [7, 11) is 3.01. The van der Waals surface area contributed by atoms with Crippen LogP contribution >= 0.6 is 23.1 Å². The van der Waals surface area contributed by atoms with Gasteiger partial charge in [0.05, 0.1) is 25.0 Å². The minimum absolute atomic E-state index is 0.0199. The van der Waals surface area contributed by atoms with Gasteiger partial charge in [-0.25, -0.2) is 0 Å². The van der Waals surface area contributed by atoms with Crippen molar-refractivity contribution in [3.63, 3.8) is 0 Å². The summed E-state index contributed by atoms with van der Waals surface area (Å²) in [5, 5.41) is 20.5. The Kier molecular flexibility index (Phi) is 12.3. The summed E-state index contributed by atoms with van der Waals surface area (Å²) < 4.78 is 11.0. The molecule has 0 fully saturated rings. The summed E-state index contributed by atoms with van der Waals surface area (Å²) in [6, 6.07) is 31.1. The molecule has 0 saturated heterocycles. The van der Waals surface area contributed by atoms with Crippen LogP contribution in [0.25, 0.3) is 17.2 Å². The molecule has 0 spiro atoms. The van der Waals surface area contributed by atoms with Gasteiger partial charge in [0.2, 0.25) is 5.91 Å². The monoisotopic (exact) mass is 716 g/mol. The molecule has 0 radical (unpaired) electrons.